The molecule has 0 spiro atoms. The van der Waals surface area contributed by atoms with Gasteiger partial charge in [0.25, 0.3) is 0 Å². The molecule has 0 saturated heterocycles. The van der Waals surface area contributed by atoms with Gasteiger partial charge in [0.05, 0.1) is 0 Å². The van der Waals surface area contributed by atoms with E-state index in [1.807, 2.05) is 6.92 Å². The molecule has 0 unspecified atom stereocenters. The molecule has 0 aromatic rings. The van der Waals surface area contributed by atoms with E-state index in [4.69, 9.17) is 11.6 Å². The van der Waals surface area contributed by atoms with E-state index in [0.717, 1.165) is 0 Å². The fourth-order valence-electron chi connectivity index (χ4n) is 0.158. The maximum Gasteiger partial charge on any atom is 0.327 e. The molecule has 0 aliphatic heterocycles. The lowest BCUT2D eigenvalue weighted by atomic mass is 10.8. The Morgan fingerprint density at radius 3 is 2.57 bits per heavy atom. The summed E-state index contributed by atoms with van der Waals surface area (Å²) in [5, 5.41) is -0.582. The van der Waals surface area contributed by atoms with Gasteiger partial charge in [-0.2, -0.15) is 0 Å². The average molecular weight is 123 g/mol. The van der Waals surface area contributed by atoms with Gasteiger partial charge in [0, 0.05) is 6.54 Å². The van der Waals surface area contributed by atoms with Gasteiger partial charge in [-0.25, -0.2) is 5.43 Å². The Morgan fingerprint density at radius 2 is 2.43 bits per heavy atom. The Balaban J connectivity index is 2.82. The van der Waals surface area contributed by atoms with Gasteiger partial charge in [-0.15, -0.1) is 0 Å². The zero-order chi connectivity index (χ0) is 5.70. The first-order valence-corrected chi connectivity index (χ1v) is 2.33. The maximum absolute atomic E-state index is 9.79. The van der Waals surface area contributed by atoms with E-state index < -0.39 is 5.37 Å². The van der Waals surface area contributed by atoms with Crippen molar-refractivity contribution in [1.29, 1.82) is 0 Å². The van der Waals surface area contributed by atoms with Crippen LogP contribution in [0, 0.1) is 0 Å². The molecule has 3 nitrogen and oxygen atoms in total. The Kier molecular flexibility index (Phi) is 3.74. The van der Waals surface area contributed by atoms with Crippen molar-refractivity contribution < 1.29 is 4.79 Å². The van der Waals surface area contributed by atoms with Crippen LogP contribution in [0.1, 0.15) is 6.92 Å². The van der Waals surface area contributed by atoms with Crippen molar-refractivity contribution in [3.05, 3.63) is 0 Å². The molecule has 0 heterocycles. The third-order valence-corrected chi connectivity index (χ3v) is 0.458. The highest BCUT2D eigenvalue weighted by molar-refractivity contribution is 6.62. The van der Waals surface area contributed by atoms with Gasteiger partial charge in [-0.1, -0.05) is 6.92 Å². The number of carbonyl (C=O) groups is 1. The summed E-state index contributed by atoms with van der Waals surface area (Å²) < 4.78 is 0. The van der Waals surface area contributed by atoms with Crippen LogP contribution in [0.2, 0.25) is 0 Å². The van der Waals surface area contributed by atoms with Gasteiger partial charge in [-0.05, 0) is 11.6 Å². The third-order valence-electron chi connectivity index (χ3n) is 0.363. The number of halogens is 1. The third kappa shape index (κ3) is 5.72. The molecule has 4 heteroatoms. The molecular weight excluding hydrogens is 115 g/mol. The molecule has 1 amide bonds. The quantitative estimate of drug-likeness (QED) is 0.317. The molecule has 0 bridgehead atoms. The molecule has 0 aromatic carbocycles. The summed E-state index contributed by atoms with van der Waals surface area (Å²) in [6.45, 7) is 2.53. The van der Waals surface area contributed by atoms with Crippen molar-refractivity contribution in [1.82, 2.24) is 10.9 Å². The second kappa shape index (κ2) is 3.89. The molecule has 0 atom stereocenters. The van der Waals surface area contributed by atoms with Gasteiger partial charge in [0.1, 0.15) is 0 Å². The summed E-state index contributed by atoms with van der Waals surface area (Å²) in [6.07, 6.45) is 0. The van der Waals surface area contributed by atoms with Crippen LogP contribution >= 0.6 is 11.6 Å². The number of nitrogens with one attached hydrogen (secondary N) is 2. The van der Waals surface area contributed by atoms with E-state index in [0.29, 0.717) is 6.54 Å². The normalized spacial score (nSPS) is 8.29. The van der Waals surface area contributed by atoms with Gasteiger partial charge in [-0.3, -0.25) is 10.2 Å². The lowest BCUT2D eigenvalue weighted by molar-refractivity contribution is 0.256. The van der Waals surface area contributed by atoms with E-state index in [1.54, 1.807) is 0 Å². The molecule has 0 rings (SSSR count). The lowest BCUT2D eigenvalue weighted by Gasteiger charge is -1.95. The number of rotatable bonds is 2. The zero-order valence-electron chi connectivity index (χ0n) is 3.99. The molecule has 0 saturated carbocycles. The van der Waals surface area contributed by atoms with Crippen LogP contribution in [-0.4, -0.2) is 11.9 Å². The van der Waals surface area contributed by atoms with E-state index in [2.05, 4.69) is 10.9 Å². The van der Waals surface area contributed by atoms with Gasteiger partial charge < -0.3 is 0 Å². The number of hydrazine groups is 1. The molecule has 0 fully saturated rings. The number of hydrogen-bond acceptors (Lipinski definition) is 2. The molecule has 0 radical (unpaired) electrons. The highest BCUT2D eigenvalue weighted by Gasteiger charge is 1.84. The highest BCUT2D eigenvalue weighted by atomic mass is 35.5. The monoisotopic (exact) mass is 122 g/mol. The van der Waals surface area contributed by atoms with Crippen LogP contribution in [-0.2, 0) is 0 Å². The summed E-state index contributed by atoms with van der Waals surface area (Å²) >= 11 is 4.84. The van der Waals surface area contributed by atoms with Crippen LogP contribution in [0.25, 0.3) is 0 Å². The fourth-order valence-corrected chi connectivity index (χ4v) is 0.225. The average Bonchev–Trinajstić information content (AvgIpc) is 1.61. The Bertz CT molecular complexity index is 66.0. The van der Waals surface area contributed by atoms with Gasteiger partial charge in [0.2, 0.25) is 0 Å². The molecular formula is C3H7ClN2O. The predicted molar refractivity (Wildman–Crippen MR) is 28.1 cm³/mol. The summed E-state index contributed by atoms with van der Waals surface area (Å²) in [6, 6.07) is 0. The zero-order valence-corrected chi connectivity index (χ0v) is 4.75. The topological polar surface area (TPSA) is 41.1 Å². The lowest BCUT2D eigenvalue weighted by Crippen LogP contribution is -2.33. The van der Waals surface area contributed by atoms with Crippen molar-refractivity contribution >= 4 is 17.0 Å². The minimum Gasteiger partial charge on any atom is -0.278 e. The molecule has 2 N–H and O–H groups in total. The Labute approximate surface area is 47.0 Å². The van der Waals surface area contributed by atoms with Gasteiger partial charge >= 0.3 is 5.37 Å². The first-order chi connectivity index (χ1) is 3.27. The second-order valence-corrected chi connectivity index (χ2v) is 1.27. The summed E-state index contributed by atoms with van der Waals surface area (Å²) in [5.74, 6) is 0. The van der Waals surface area contributed by atoms with Crippen LogP contribution in [0.15, 0.2) is 0 Å². The van der Waals surface area contributed by atoms with Gasteiger partial charge in [0.15, 0.2) is 0 Å². The molecule has 0 aliphatic rings. The van der Waals surface area contributed by atoms with Crippen molar-refractivity contribution in [2.45, 2.75) is 6.92 Å². The summed E-state index contributed by atoms with van der Waals surface area (Å²) in [7, 11) is 0. The summed E-state index contributed by atoms with van der Waals surface area (Å²) in [5.41, 5.74) is 4.69. The second-order valence-electron chi connectivity index (χ2n) is 0.929. The van der Waals surface area contributed by atoms with E-state index in [-0.39, 0.29) is 0 Å². The van der Waals surface area contributed by atoms with Crippen molar-refractivity contribution in [2.24, 2.45) is 0 Å². The van der Waals surface area contributed by atoms with Crippen LogP contribution < -0.4 is 10.9 Å². The van der Waals surface area contributed by atoms with Crippen molar-refractivity contribution in [2.75, 3.05) is 6.54 Å². The van der Waals surface area contributed by atoms with E-state index >= 15 is 0 Å². The SMILES string of the molecule is CCNNC(=O)Cl. The minimum atomic E-state index is -0.582. The predicted octanol–water partition coefficient (Wildman–Crippen LogP) is 0.459. The van der Waals surface area contributed by atoms with Crippen molar-refractivity contribution in [3.63, 3.8) is 0 Å². The minimum absolute atomic E-state index is 0.582. The first kappa shape index (κ1) is 6.72. The largest absolute Gasteiger partial charge is 0.327 e. The first-order valence-electron chi connectivity index (χ1n) is 1.95. The summed E-state index contributed by atoms with van der Waals surface area (Å²) in [4.78, 5) is 9.79. The smallest absolute Gasteiger partial charge is 0.278 e. The molecule has 7 heavy (non-hydrogen) atoms. The Morgan fingerprint density at radius 1 is 1.86 bits per heavy atom. The molecule has 0 aromatic heterocycles. The maximum atomic E-state index is 9.79. The number of hydrogen-bond donors (Lipinski definition) is 2. The molecule has 0 aliphatic carbocycles. The number of carbonyl (C=O) groups excluding carboxylic acids is 1. The number of amides is 1. The van der Waals surface area contributed by atoms with Crippen LogP contribution in [0.5, 0.6) is 0 Å². The molecule has 42 valence electrons. The standard InChI is InChI=1S/C3H7ClN2O/c1-2-5-6-3(4)7/h5H,2H2,1H3,(H,6,7). The van der Waals surface area contributed by atoms with E-state index in [9.17, 15) is 4.79 Å². The van der Waals surface area contributed by atoms with E-state index in [1.165, 1.54) is 0 Å². The highest BCUT2D eigenvalue weighted by Crippen LogP contribution is 1.70. The Hall–Kier alpha value is -0.280. The van der Waals surface area contributed by atoms with Crippen molar-refractivity contribution in [3.8, 4) is 0 Å². The van der Waals surface area contributed by atoms with Crippen LogP contribution in [0.4, 0.5) is 4.79 Å². The fraction of sp³-hybridized carbons (Fsp3) is 0.667. The van der Waals surface area contributed by atoms with Crippen LogP contribution in [0.3, 0.4) is 0 Å².